The number of hydrogen-bond acceptors (Lipinski definition) is 8. The van der Waals surface area contributed by atoms with Gasteiger partial charge >= 0.3 is 11.9 Å². The molecule has 0 saturated heterocycles. The number of esters is 2. The topological polar surface area (TPSA) is 100 Å². The second-order valence-corrected chi connectivity index (χ2v) is 10.1. The lowest BCUT2D eigenvalue weighted by Gasteiger charge is -2.37. The summed E-state index contributed by atoms with van der Waals surface area (Å²) in [5.74, 6) is -0.262. The minimum Gasteiger partial charge on any atom is -0.497 e. The van der Waals surface area contributed by atoms with E-state index in [1.165, 1.54) is 6.92 Å². The molecule has 3 atom stereocenters. The Labute approximate surface area is 235 Å². The molecule has 0 bridgehead atoms. The summed E-state index contributed by atoms with van der Waals surface area (Å²) in [7, 11) is 1.62. The molecule has 0 unspecified atom stereocenters. The van der Waals surface area contributed by atoms with Crippen molar-refractivity contribution >= 4 is 17.7 Å². The van der Waals surface area contributed by atoms with Crippen molar-refractivity contribution in [3.8, 4) is 17.2 Å². The number of dihydropyridines is 1. The molecule has 0 saturated carbocycles. The van der Waals surface area contributed by atoms with E-state index in [9.17, 15) is 14.4 Å². The van der Waals surface area contributed by atoms with Crippen LogP contribution in [0.15, 0.2) is 65.0 Å². The number of benzene rings is 2. The molecule has 1 N–H and O–H groups in total. The molecule has 0 spiro atoms. The van der Waals surface area contributed by atoms with Crippen molar-refractivity contribution in [2.24, 2.45) is 0 Å². The van der Waals surface area contributed by atoms with E-state index in [0.29, 0.717) is 54.0 Å². The number of Topliss-reactive ketones (excluding diaryl/α,β-unsaturated/α-hetero) is 1. The van der Waals surface area contributed by atoms with Crippen LogP contribution in [-0.4, -0.2) is 37.5 Å². The Morgan fingerprint density at radius 1 is 1.02 bits per heavy atom. The number of carbonyl (C=O) groups is 3. The lowest BCUT2D eigenvalue weighted by atomic mass is 9.71. The van der Waals surface area contributed by atoms with Gasteiger partial charge in [0.1, 0.15) is 5.75 Å². The first-order valence-corrected chi connectivity index (χ1v) is 13.7. The molecule has 8 nitrogen and oxygen atoms in total. The standard InChI is InChI=1S/C32H37NO7/c1-7-18(3)39-32(36)29-19(4)33-25-15-23(21-9-12-24(37-6)13-10-21)16-26(35)31(25)30(29)22-11-14-27(40-20(5)34)28(17-22)38-8-2/h9-14,17-18,23,30,33H,7-8,15-16H2,1-6H3/t18-,23-,30+/m1/s1. The summed E-state index contributed by atoms with van der Waals surface area (Å²) in [6, 6.07) is 12.9. The summed E-state index contributed by atoms with van der Waals surface area (Å²) < 4.78 is 22.2. The average molecular weight is 548 g/mol. The van der Waals surface area contributed by atoms with Crippen molar-refractivity contribution in [2.45, 2.75) is 71.8 Å². The Bertz CT molecular complexity index is 1360. The van der Waals surface area contributed by atoms with Crippen LogP contribution >= 0.6 is 0 Å². The molecular formula is C32H37NO7. The molecule has 1 aliphatic heterocycles. The van der Waals surface area contributed by atoms with Crippen LogP contribution in [0.3, 0.4) is 0 Å². The smallest absolute Gasteiger partial charge is 0.337 e. The summed E-state index contributed by atoms with van der Waals surface area (Å²) >= 11 is 0. The van der Waals surface area contributed by atoms with Crippen molar-refractivity contribution in [1.29, 1.82) is 0 Å². The molecule has 0 radical (unpaired) electrons. The van der Waals surface area contributed by atoms with Crippen molar-refractivity contribution in [3.05, 3.63) is 76.1 Å². The normalized spacial score (nSPS) is 19.4. The monoisotopic (exact) mass is 547 g/mol. The van der Waals surface area contributed by atoms with E-state index in [-0.39, 0.29) is 23.6 Å². The maximum atomic E-state index is 13.9. The largest absolute Gasteiger partial charge is 0.497 e. The lowest BCUT2D eigenvalue weighted by molar-refractivity contribution is -0.144. The fourth-order valence-corrected chi connectivity index (χ4v) is 5.30. The fraction of sp³-hybridized carbons (Fsp3) is 0.406. The molecule has 1 aliphatic carbocycles. The SMILES string of the molecule is CCOc1cc([C@H]2C(C(=O)O[C@H](C)CC)=C(C)NC3=C2C(=O)C[C@H](c2ccc(OC)cc2)C3)ccc1OC(C)=O. The second kappa shape index (κ2) is 12.4. The van der Waals surface area contributed by atoms with Crippen molar-refractivity contribution in [1.82, 2.24) is 5.32 Å². The van der Waals surface area contributed by atoms with Crippen LogP contribution in [0.5, 0.6) is 17.2 Å². The van der Waals surface area contributed by atoms with Crippen LogP contribution in [0.1, 0.15) is 76.8 Å². The highest BCUT2D eigenvalue weighted by Gasteiger charge is 2.42. The number of ether oxygens (including phenoxy) is 4. The molecule has 2 aliphatic rings. The van der Waals surface area contributed by atoms with E-state index in [2.05, 4.69) is 5.32 Å². The van der Waals surface area contributed by atoms with Crippen LogP contribution in [0.25, 0.3) is 0 Å². The Kier molecular flexibility index (Phi) is 8.97. The van der Waals surface area contributed by atoms with E-state index in [1.54, 1.807) is 25.3 Å². The Morgan fingerprint density at radius 3 is 2.35 bits per heavy atom. The van der Waals surface area contributed by atoms with E-state index >= 15 is 0 Å². The molecule has 4 rings (SSSR count). The van der Waals surface area contributed by atoms with Gasteiger partial charge in [-0.15, -0.1) is 0 Å². The molecule has 0 aromatic heterocycles. The first-order valence-electron chi connectivity index (χ1n) is 13.7. The average Bonchev–Trinajstić information content (AvgIpc) is 2.92. The molecule has 2 aromatic carbocycles. The number of carbonyl (C=O) groups excluding carboxylic acids is 3. The Hall–Kier alpha value is -4.07. The third-order valence-corrected chi connectivity index (χ3v) is 7.37. The van der Waals surface area contributed by atoms with Gasteiger partial charge in [-0.3, -0.25) is 9.59 Å². The molecular weight excluding hydrogens is 510 g/mol. The number of ketones is 1. The summed E-state index contributed by atoms with van der Waals surface area (Å²) in [4.78, 5) is 39.1. The van der Waals surface area contributed by atoms with Crippen molar-refractivity contribution < 1.29 is 33.3 Å². The van der Waals surface area contributed by atoms with Gasteiger partial charge < -0.3 is 24.3 Å². The molecule has 1 heterocycles. The maximum Gasteiger partial charge on any atom is 0.337 e. The van der Waals surface area contributed by atoms with E-state index < -0.39 is 17.9 Å². The van der Waals surface area contributed by atoms with Crippen LogP contribution < -0.4 is 19.5 Å². The van der Waals surface area contributed by atoms with Crippen molar-refractivity contribution in [2.75, 3.05) is 13.7 Å². The molecule has 8 heteroatoms. The van der Waals surface area contributed by atoms with E-state index in [0.717, 1.165) is 17.0 Å². The zero-order valence-electron chi connectivity index (χ0n) is 24.0. The van der Waals surface area contributed by atoms with Gasteiger partial charge in [0, 0.05) is 36.2 Å². The highest BCUT2D eigenvalue weighted by atomic mass is 16.6. The third-order valence-electron chi connectivity index (χ3n) is 7.37. The van der Waals surface area contributed by atoms with Gasteiger partial charge in [-0.2, -0.15) is 0 Å². The van der Waals surface area contributed by atoms with Crippen LogP contribution in [0, 0.1) is 0 Å². The summed E-state index contributed by atoms with van der Waals surface area (Å²) in [6.45, 7) is 9.12. The predicted octanol–water partition coefficient (Wildman–Crippen LogP) is 5.72. The predicted molar refractivity (Wildman–Crippen MR) is 150 cm³/mol. The molecule has 40 heavy (non-hydrogen) atoms. The molecule has 212 valence electrons. The second-order valence-electron chi connectivity index (χ2n) is 10.1. The zero-order chi connectivity index (χ0) is 29.0. The summed E-state index contributed by atoms with van der Waals surface area (Å²) in [5.41, 5.74) is 4.10. The first kappa shape index (κ1) is 28.9. The maximum absolute atomic E-state index is 13.9. The van der Waals surface area contributed by atoms with E-state index in [1.807, 2.05) is 52.0 Å². The highest BCUT2D eigenvalue weighted by Crippen LogP contribution is 2.47. The summed E-state index contributed by atoms with van der Waals surface area (Å²) in [5, 5.41) is 3.38. The van der Waals surface area contributed by atoms with Crippen LogP contribution in [-0.2, 0) is 19.1 Å². The molecule has 0 amide bonds. The Morgan fingerprint density at radius 2 is 1.73 bits per heavy atom. The van der Waals surface area contributed by atoms with Crippen LogP contribution in [0.2, 0.25) is 0 Å². The minimum absolute atomic E-state index is 0.0166. The van der Waals surface area contributed by atoms with Gasteiger partial charge in [0.25, 0.3) is 0 Å². The number of rotatable bonds is 9. The van der Waals surface area contributed by atoms with Gasteiger partial charge in [-0.25, -0.2) is 4.79 Å². The van der Waals surface area contributed by atoms with Crippen molar-refractivity contribution in [3.63, 3.8) is 0 Å². The molecule has 2 aromatic rings. The number of nitrogens with one attached hydrogen (secondary N) is 1. The zero-order valence-corrected chi connectivity index (χ0v) is 24.0. The van der Waals surface area contributed by atoms with Crippen LogP contribution in [0.4, 0.5) is 0 Å². The number of methoxy groups -OCH3 is 1. The van der Waals surface area contributed by atoms with Gasteiger partial charge in [-0.1, -0.05) is 25.1 Å². The third kappa shape index (κ3) is 6.06. The number of allylic oxidation sites excluding steroid dienone is 3. The van der Waals surface area contributed by atoms with E-state index in [4.69, 9.17) is 18.9 Å². The van der Waals surface area contributed by atoms with Gasteiger partial charge in [0.05, 0.1) is 25.4 Å². The fourth-order valence-electron chi connectivity index (χ4n) is 5.30. The lowest BCUT2D eigenvalue weighted by Crippen LogP contribution is -2.36. The number of hydrogen-bond donors (Lipinski definition) is 1. The highest BCUT2D eigenvalue weighted by molar-refractivity contribution is 6.04. The minimum atomic E-state index is -0.664. The Balaban J connectivity index is 1.81. The first-order chi connectivity index (χ1) is 19.2. The van der Waals surface area contributed by atoms with Gasteiger partial charge in [0.2, 0.25) is 0 Å². The molecule has 0 fully saturated rings. The summed E-state index contributed by atoms with van der Waals surface area (Å²) in [6.07, 6.45) is 1.30. The van der Waals surface area contributed by atoms with Gasteiger partial charge in [-0.05, 0) is 74.9 Å². The quantitative estimate of drug-likeness (QED) is 0.314. The van der Waals surface area contributed by atoms with Gasteiger partial charge in [0.15, 0.2) is 17.3 Å².